The van der Waals surface area contributed by atoms with Gasteiger partial charge in [-0.2, -0.15) is 0 Å². The fourth-order valence-corrected chi connectivity index (χ4v) is 4.78. The third kappa shape index (κ3) is 4.43. The summed E-state index contributed by atoms with van der Waals surface area (Å²) in [5, 5.41) is 3.77. The average Bonchev–Trinajstić information content (AvgIpc) is 2.89. The molecule has 0 spiro atoms. The molecule has 28 heavy (non-hydrogen) atoms. The van der Waals surface area contributed by atoms with E-state index >= 15 is 0 Å². The van der Waals surface area contributed by atoms with Gasteiger partial charge in [0.1, 0.15) is 4.90 Å². The minimum atomic E-state index is -3.77. The van der Waals surface area contributed by atoms with Crippen molar-refractivity contribution < 1.29 is 13.2 Å². The predicted molar refractivity (Wildman–Crippen MR) is 112 cm³/mol. The predicted octanol–water partition coefficient (Wildman–Crippen LogP) is 3.44. The molecular formula is C21H25N3O3S. The van der Waals surface area contributed by atoms with Crippen LogP contribution in [-0.2, 0) is 28.3 Å². The fraction of sp³-hybridized carbons (Fsp3) is 0.286. The molecule has 6 nitrogen and oxygen atoms in total. The molecular weight excluding hydrogens is 374 g/mol. The van der Waals surface area contributed by atoms with Crippen molar-refractivity contribution in [2.45, 2.75) is 37.6 Å². The molecule has 0 saturated heterocycles. The maximum absolute atomic E-state index is 12.7. The van der Waals surface area contributed by atoms with E-state index in [0.29, 0.717) is 0 Å². The van der Waals surface area contributed by atoms with Gasteiger partial charge in [-0.05, 0) is 44.5 Å². The number of benzene rings is 2. The van der Waals surface area contributed by atoms with Crippen LogP contribution in [0.1, 0.15) is 26.3 Å². The Hall–Kier alpha value is -2.64. The van der Waals surface area contributed by atoms with Crippen molar-refractivity contribution in [3.05, 3.63) is 60.3 Å². The van der Waals surface area contributed by atoms with Crippen molar-refractivity contribution in [1.82, 2.24) is 9.29 Å². The highest BCUT2D eigenvalue weighted by Gasteiger charge is 2.25. The van der Waals surface area contributed by atoms with Gasteiger partial charge in [-0.1, -0.05) is 30.3 Å². The Morgan fingerprint density at radius 3 is 2.39 bits per heavy atom. The molecule has 0 aliphatic rings. The Bertz CT molecular complexity index is 1130. The first-order chi connectivity index (χ1) is 13.1. The van der Waals surface area contributed by atoms with E-state index < -0.39 is 15.6 Å². The van der Waals surface area contributed by atoms with Gasteiger partial charge in [-0.15, -0.1) is 0 Å². The second-order valence-electron chi connectivity index (χ2n) is 7.86. The van der Waals surface area contributed by atoms with E-state index in [4.69, 9.17) is 0 Å². The molecule has 0 saturated carbocycles. The van der Waals surface area contributed by atoms with Crippen LogP contribution in [0.4, 0.5) is 5.69 Å². The summed E-state index contributed by atoms with van der Waals surface area (Å²) in [5.41, 5.74) is 1.58. The van der Waals surface area contributed by atoms with Crippen molar-refractivity contribution in [3.63, 3.8) is 0 Å². The van der Waals surface area contributed by atoms with Crippen molar-refractivity contribution in [1.29, 1.82) is 0 Å². The lowest BCUT2D eigenvalue weighted by molar-refractivity contribution is -0.115. The Morgan fingerprint density at radius 1 is 1.04 bits per heavy atom. The Labute approximate surface area is 165 Å². The van der Waals surface area contributed by atoms with Crippen LogP contribution in [0.15, 0.2) is 59.6 Å². The minimum Gasteiger partial charge on any atom is -0.350 e. The molecule has 0 atom stereocenters. The van der Waals surface area contributed by atoms with Crippen LogP contribution in [-0.4, -0.2) is 24.4 Å². The number of hydrogen-bond donors (Lipinski definition) is 2. The van der Waals surface area contributed by atoms with Gasteiger partial charge < -0.3 is 9.88 Å². The molecule has 0 bridgehead atoms. The molecule has 2 N–H and O–H groups in total. The van der Waals surface area contributed by atoms with Crippen molar-refractivity contribution in [2.24, 2.45) is 7.05 Å². The molecule has 1 aromatic heterocycles. The number of para-hydroxylation sites is 2. The molecule has 7 heteroatoms. The summed E-state index contributed by atoms with van der Waals surface area (Å²) in [5.74, 6) is -0.269. The van der Waals surface area contributed by atoms with E-state index in [9.17, 15) is 13.2 Å². The van der Waals surface area contributed by atoms with Gasteiger partial charge in [0.15, 0.2) is 0 Å². The Balaban J connectivity index is 1.85. The SMILES string of the molecule is Cn1cc(CC(=O)Nc2ccccc2S(=O)(=O)NC(C)(C)C)c2ccccc21. The molecule has 0 unspecified atom stereocenters. The third-order valence-electron chi connectivity index (χ3n) is 4.22. The second kappa shape index (κ2) is 7.41. The molecule has 0 fully saturated rings. The van der Waals surface area contributed by atoms with Gasteiger partial charge in [-0.3, -0.25) is 4.79 Å². The number of carbonyl (C=O) groups is 1. The lowest BCUT2D eigenvalue weighted by atomic mass is 10.1. The summed E-state index contributed by atoms with van der Waals surface area (Å²) in [6, 6.07) is 14.3. The standard InChI is InChI=1S/C21H25N3O3S/c1-21(2,3)23-28(26,27)19-12-8-6-10-17(19)22-20(25)13-15-14-24(4)18-11-7-5-9-16(15)18/h5-12,14,23H,13H2,1-4H3,(H,22,25). The molecule has 2 aromatic carbocycles. The van der Waals surface area contributed by atoms with Crippen molar-refractivity contribution in [3.8, 4) is 0 Å². The monoisotopic (exact) mass is 399 g/mol. The zero-order valence-electron chi connectivity index (χ0n) is 16.5. The van der Waals surface area contributed by atoms with Crippen LogP contribution >= 0.6 is 0 Å². The summed E-state index contributed by atoms with van der Waals surface area (Å²) in [7, 11) is -1.83. The molecule has 3 rings (SSSR count). The summed E-state index contributed by atoms with van der Waals surface area (Å²) in [6.45, 7) is 5.31. The number of anilines is 1. The highest BCUT2D eigenvalue weighted by Crippen LogP contribution is 2.24. The zero-order chi connectivity index (χ0) is 20.5. The first-order valence-electron chi connectivity index (χ1n) is 9.03. The van der Waals surface area contributed by atoms with Crippen molar-refractivity contribution >= 4 is 32.5 Å². The topological polar surface area (TPSA) is 80.2 Å². The number of aryl methyl sites for hydroxylation is 1. The van der Waals surface area contributed by atoms with Crippen LogP contribution in [0.2, 0.25) is 0 Å². The van der Waals surface area contributed by atoms with Gasteiger partial charge in [0.25, 0.3) is 0 Å². The molecule has 1 amide bonds. The highest BCUT2D eigenvalue weighted by atomic mass is 32.2. The number of nitrogens with one attached hydrogen (secondary N) is 2. The number of aromatic nitrogens is 1. The number of amides is 1. The highest BCUT2D eigenvalue weighted by molar-refractivity contribution is 7.89. The normalized spacial score (nSPS) is 12.3. The number of hydrogen-bond acceptors (Lipinski definition) is 3. The minimum absolute atomic E-state index is 0.0520. The maximum atomic E-state index is 12.7. The van der Waals surface area contributed by atoms with E-state index in [1.165, 1.54) is 6.07 Å². The van der Waals surface area contributed by atoms with Crippen LogP contribution in [0.25, 0.3) is 10.9 Å². The summed E-state index contributed by atoms with van der Waals surface area (Å²) in [4.78, 5) is 12.7. The third-order valence-corrected chi connectivity index (χ3v) is 6.04. The van der Waals surface area contributed by atoms with E-state index in [1.807, 2.05) is 42.1 Å². The number of nitrogens with zero attached hydrogens (tertiary/aromatic N) is 1. The fourth-order valence-electron chi connectivity index (χ4n) is 3.20. The van der Waals surface area contributed by atoms with Crippen LogP contribution in [0.5, 0.6) is 0 Å². The molecule has 3 aromatic rings. The van der Waals surface area contributed by atoms with E-state index in [-0.39, 0.29) is 22.9 Å². The van der Waals surface area contributed by atoms with Gasteiger partial charge in [0.2, 0.25) is 15.9 Å². The van der Waals surface area contributed by atoms with E-state index in [2.05, 4.69) is 10.0 Å². The van der Waals surface area contributed by atoms with Gasteiger partial charge >= 0.3 is 0 Å². The smallest absolute Gasteiger partial charge is 0.243 e. The molecule has 1 heterocycles. The van der Waals surface area contributed by atoms with Gasteiger partial charge in [0.05, 0.1) is 12.1 Å². The van der Waals surface area contributed by atoms with Crippen LogP contribution < -0.4 is 10.0 Å². The van der Waals surface area contributed by atoms with E-state index in [1.54, 1.807) is 39.0 Å². The quantitative estimate of drug-likeness (QED) is 0.690. The Morgan fingerprint density at radius 2 is 1.68 bits per heavy atom. The van der Waals surface area contributed by atoms with Crippen LogP contribution in [0, 0.1) is 0 Å². The lowest BCUT2D eigenvalue weighted by Crippen LogP contribution is -2.40. The largest absolute Gasteiger partial charge is 0.350 e. The Kier molecular flexibility index (Phi) is 5.32. The summed E-state index contributed by atoms with van der Waals surface area (Å²) < 4.78 is 30.0. The van der Waals surface area contributed by atoms with Gasteiger partial charge in [-0.25, -0.2) is 13.1 Å². The molecule has 0 radical (unpaired) electrons. The first kappa shape index (κ1) is 20.1. The molecule has 0 aliphatic heterocycles. The zero-order valence-corrected chi connectivity index (χ0v) is 17.3. The molecule has 0 aliphatic carbocycles. The lowest BCUT2D eigenvalue weighted by Gasteiger charge is -2.21. The maximum Gasteiger partial charge on any atom is 0.243 e. The van der Waals surface area contributed by atoms with Crippen molar-refractivity contribution in [2.75, 3.05) is 5.32 Å². The van der Waals surface area contributed by atoms with Crippen LogP contribution in [0.3, 0.4) is 0 Å². The van der Waals surface area contributed by atoms with Gasteiger partial charge in [0, 0.05) is 29.7 Å². The average molecular weight is 400 g/mol. The number of fused-ring (bicyclic) bond motifs is 1. The number of sulfonamides is 1. The second-order valence-corrected chi connectivity index (χ2v) is 9.51. The first-order valence-corrected chi connectivity index (χ1v) is 10.5. The number of carbonyl (C=O) groups excluding carboxylic acids is 1. The summed E-state index contributed by atoms with van der Waals surface area (Å²) in [6.07, 6.45) is 2.08. The summed E-state index contributed by atoms with van der Waals surface area (Å²) >= 11 is 0. The van der Waals surface area contributed by atoms with E-state index in [0.717, 1.165) is 16.5 Å². The number of rotatable bonds is 5. The molecule has 148 valence electrons.